The van der Waals surface area contributed by atoms with Crippen molar-refractivity contribution in [3.63, 3.8) is 0 Å². The molecule has 23 heavy (non-hydrogen) atoms. The topological polar surface area (TPSA) is 120 Å². The maximum Gasteiger partial charge on any atom is 0.254 e. The molecule has 5 N–H and O–H groups in total. The Bertz CT molecular complexity index is 878. The van der Waals surface area contributed by atoms with Gasteiger partial charge in [0.1, 0.15) is 16.9 Å². The third kappa shape index (κ3) is 2.20. The molecule has 0 saturated carbocycles. The third-order valence-electron chi connectivity index (χ3n) is 4.20. The smallest absolute Gasteiger partial charge is 0.254 e. The number of carbonyl (C=O) groups excluding carboxylic acids is 1. The molecule has 120 valence electrons. The number of nitrogen functional groups attached to an aromatic ring is 1. The fraction of sp³-hybridized carbons (Fsp3) is 0.312. The zero-order valence-electron chi connectivity index (χ0n) is 13.2. The van der Waals surface area contributed by atoms with Crippen molar-refractivity contribution in [1.82, 2.24) is 14.5 Å². The largest absolute Gasteiger partial charge is 0.388 e. The highest BCUT2D eigenvalue weighted by atomic mass is 16.3. The molecule has 1 amide bonds. The van der Waals surface area contributed by atoms with Gasteiger partial charge < -0.3 is 16.6 Å². The lowest BCUT2D eigenvalue weighted by Gasteiger charge is -2.27. The fourth-order valence-corrected chi connectivity index (χ4v) is 3.03. The van der Waals surface area contributed by atoms with Gasteiger partial charge in [-0.15, -0.1) is 0 Å². The Labute approximate surface area is 133 Å². The van der Waals surface area contributed by atoms with Crippen molar-refractivity contribution in [1.29, 1.82) is 0 Å². The Kier molecular flexibility index (Phi) is 3.45. The Hall–Kier alpha value is -2.67. The summed E-state index contributed by atoms with van der Waals surface area (Å²) < 4.78 is 1.68. The second kappa shape index (κ2) is 5.20. The van der Waals surface area contributed by atoms with Crippen molar-refractivity contribution in [2.45, 2.75) is 26.9 Å². The van der Waals surface area contributed by atoms with Crippen LogP contribution in [0, 0.1) is 12.8 Å². The summed E-state index contributed by atoms with van der Waals surface area (Å²) in [5.41, 5.74) is 15.1. The average Bonchev–Trinajstić information content (AvgIpc) is 2.76. The average molecular weight is 313 g/mol. The molecule has 0 aliphatic heterocycles. The minimum absolute atomic E-state index is 0.157. The lowest BCUT2D eigenvalue weighted by atomic mass is 9.91. The molecule has 2 heterocycles. The highest BCUT2D eigenvalue weighted by Crippen LogP contribution is 2.36. The van der Waals surface area contributed by atoms with Gasteiger partial charge in [-0.05, 0) is 19.4 Å². The summed E-state index contributed by atoms with van der Waals surface area (Å²) in [6, 6.07) is 0. The SMILES string of the molecule is CC1=C(n2c(N)c(C(N)=O)c3ncc(C)nc32)C(C)C(O)C=C1. The number of carbonyl (C=O) groups is 1. The first-order valence-electron chi connectivity index (χ1n) is 7.33. The van der Waals surface area contributed by atoms with Crippen LogP contribution in [0.15, 0.2) is 23.9 Å². The van der Waals surface area contributed by atoms with E-state index in [1.807, 2.05) is 26.8 Å². The predicted octanol–water partition coefficient (Wildman–Crippen LogP) is 1.22. The van der Waals surface area contributed by atoms with Gasteiger partial charge in [-0.3, -0.25) is 14.3 Å². The molecule has 7 nitrogen and oxygen atoms in total. The van der Waals surface area contributed by atoms with Crippen LogP contribution in [0.1, 0.15) is 29.9 Å². The molecule has 2 aromatic heterocycles. The molecular formula is C16H19N5O2. The summed E-state index contributed by atoms with van der Waals surface area (Å²) in [5, 5.41) is 10.2. The van der Waals surface area contributed by atoms with Crippen LogP contribution in [-0.2, 0) is 0 Å². The van der Waals surface area contributed by atoms with Gasteiger partial charge in [0.2, 0.25) is 0 Å². The number of nitrogens with two attached hydrogens (primary N) is 2. The summed E-state index contributed by atoms with van der Waals surface area (Å²) in [6.07, 6.45) is 4.49. The molecule has 0 aromatic carbocycles. The van der Waals surface area contributed by atoms with Crippen molar-refractivity contribution >= 4 is 28.6 Å². The second-order valence-electron chi connectivity index (χ2n) is 5.85. The van der Waals surface area contributed by atoms with Crippen molar-refractivity contribution < 1.29 is 9.90 Å². The van der Waals surface area contributed by atoms with E-state index < -0.39 is 12.0 Å². The third-order valence-corrected chi connectivity index (χ3v) is 4.20. The van der Waals surface area contributed by atoms with Crippen LogP contribution >= 0.6 is 0 Å². The van der Waals surface area contributed by atoms with Gasteiger partial charge in [0, 0.05) is 17.8 Å². The van der Waals surface area contributed by atoms with E-state index in [4.69, 9.17) is 11.5 Å². The van der Waals surface area contributed by atoms with Crippen molar-refractivity contribution in [3.8, 4) is 0 Å². The lowest BCUT2D eigenvalue weighted by Crippen LogP contribution is -2.24. The van der Waals surface area contributed by atoms with Gasteiger partial charge in [0.25, 0.3) is 5.91 Å². The van der Waals surface area contributed by atoms with Gasteiger partial charge in [-0.2, -0.15) is 0 Å². The standard InChI is InChI=1S/C16H19N5O2/c1-7-4-5-10(22)9(3)13(7)21-14(17)11(15(18)23)12-16(21)20-8(2)6-19-12/h4-6,9-10,22H,17H2,1-3H3,(H2,18,23). The normalized spacial score (nSPS) is 21.2. The van der Waals surface area contributed by atoms with E-state index in [2.05, 4.69) is 9.97 Å². The van der Waals surface area contributed by atoms with Crippen LogP contribution < -0.4 is 11.5 Å². The number of aromatic nitrogens is 3. The Morgan fingerprint density at radius 1 is 1.39 bits per heavy atom. The van der Waals surface area contributed by atoms with E-state index >= 15 is 0 Å². The first-order valence-corrected chi connectivity index (χ1v) is 7.33. The first-order chi connectivity index (χ1) is 10.8. The number of rotatable bonds is 2. The van der Waals surface area contributed by atoms with E-state index in [1.165, 1.54) is 0 Å². The summed E-state index contributed by atoms with van der Waals surface area (Å²) >= 11 is 0. The fourth-order valence-electron chi connectivity index (χ4n) is 3.03. The molecule has 2 unspecified atom stereocenters. The van der Waals surface area contributed by atoms with Gasteiger partial charge in [0.05, 0.1) is 11.8 Å². The first kappa shape index (κ1) is 15.2. The summed E-state index contributed by atoms with van der Waals surface area (Å²) in [6.45, 7) is 5.63. The summed E-state index contributed by atoms with van der Waals surface area (Å²) in [5.74, 6) is -0.662. The molecule has 0 saturated heterocycles. The molecule has 0 bridgehead atoms. The Morgan fingerprint density at radius 2 is 2.09 bits per heavy atom. The van der Waals surface area contributed by atoms with Crippen LogP contribution in [0.3, 0.4) is 0 Å². The van der Waals surface area contributed by atoms with Crippen molar-refractivity contribution in [2.75, 3.05) is 5.73 Å². The summed E-state index contributed by atoms with van der Waals surface area (Å²) in [4.78, 5) is 20.6. The van der Waals surface area contributed by atoms with Gasteiger partial charge in [-0.1, -0.05) is 19.1 Å². The highest BCUT2D eigenvalue weighted by Gasteiger charge is 2.29. The number of anilines is 1. The Balaban J connectivity index is 2.42. The van der Waals surface area contributed by atoms with E-state index in [-0.39, 0.29) is 17.3 Å². The second-order valence-corrected chi connectivity index (χ2v) is 5.85. The number of aryl methyl sites for hydroxylation is 1. The van der Waals surface area contributed by atoms with E-state index in [0.29, 0.717) is 16.9 Å². The lowest BCUT2D eigenvalue weighted by molar-refractivity contribution is 0.100. The van der Waals surface area contributed by atoms with Crippen molar-refractivity contribution in [2.24, 2.45) is 11.7 Å². The molecule has 1 aliphatic rings. The van der Waals surface area contributed by atoms with Crippen LogP contribution in [0.25, 0.3) is 16.9 Å². The van der Waals surface area contributed by atoms with Crippen LogP contribution in [0.2, 0.25) is 0 Å². The van der Waals surface area contributed by atoms with Gasteiger partial charge in [-0.25, -0.2) is 4.98 Å². The number of aliphatic hydroxyl groups excluding tert-OH is 1. The number of aliphatic hydroxyl groups is 1. The minimum atomic E-state index is -0.651. The van der Waals surface area contributed by atoms with Crippen LogP contribution in [0.5, 0.6) is 0 Å². The van der Waals surface area contributed by atoms with Crippen LogP contribution in [-0.4, -0.2) is 31.7 Å². The molecule has 7 heteroatoms. The Morgan fingerprint density at radius 3 is 2.74 bits per heavy atom. The van der Waals surface area contributed by atoms with E-state index in [0.717, 1.165) is 11.3 Å². The number of hydrogen-bond donors (Lipinski definition) is 3. The quantitative estimate of drug-likeness (QED) is 0.770. The molecular weight excluding hydrogens is 294 g/mol. The molecule has 0 fully saturated rings. The maximum absolute atomic E-state index is 11.8. The maximum atomic E-state index is 11.8. The number of fused-ring (bicyclic) bond motifs is 1. The molecule has 0 spiro atoms. The number of allylic oxidation sites excluding steroid dienone is 2. The minimum Gasteiger partial charge on any atom is -0.388 e. The molecule has 2 aromatic rings. The monoisotopic (exact) mass is 313 g/mol. The molecule has 3 rings (SSSR count). The summed E-state index contributed by atoms with van der Waals surface area (Å²) in [7, 11) is 0. The molecule has 2 atom stereocenters. The number of primary amides is 1. The highest BCUT2D eigenvalue weighted by molar-refractivity contribution is 6.10. The van der Waals surface area contributed by atoms with Crippen molar-refractivity contribution in [3.05, 3.63) is 35.2 Å². The van der Waals surface area contributed by atoms with E-state index in [1.54, 1.807) is 16.8 Å². The molecule has 1 aliphatic carbocycles. The van der Waals surface area contributed by atoms with Gasteiger partial charge in [0.15, 0.2) is 5.65 Å². The number of amides is 1. The predicted molar refractivity (Wildman–Crippen MR) is 88.4 cm³/mol. The number of hydrogen-bond acceptors (Lipinski definition) is 5. The van der Waals surface area contributed by atoms with E-state index in [9.17, 15) is 9.90 Å². The van der Waals surface area contributed by atoms with Gasteiger partial charge >= 0.3 is 0 Å². The molecule has 0 radical (unpaired) electrons. The zero-order valence-corrected chi connectivity index (χ0v) is 13.2. The zero-order chi connectivity index (χ0) is 16.9. The number of nitrogens with zero attached hydrogens (tertiary/aromatic N) is 3. The van der Waals surface area contributed by atoms with Crippen LogP contribution in [0.4, 0.5) is 5.82 Å².